The smallest absolute Gasteiger partial charge is 0.260 e. The highest BCUT2D eigenvalue weighted by Crippen LogP contribution is 2.24. The number of aromatic nitrogens is 2. The second-order valence-electron chi connectivity index (χ2n) is 4.81. The van der Waals surface area contributed by atoms with Crippen molar-refractivity contribution in [3.63, 3.8) is 0 Å². The fraction of sp³-hybridized carbons (Fsp3) is 0.0714. The van der Waals surface area contributed by atoms with E-state index in [0.717, 1.165) is 6.26 Å². The van der Waals surface area contributed by atoms with Crippen LogP contribution in [0.5, 0.6) is 0 Å². The van der Waals surface area contributed by atoms with Gasteiger partial charge in [0.15, 0.2) is 11.6 Å². The highest BCUT2D eigenvalue weighted by molar-refractivity contribution is 7.92. The van der Waals surface area contributed by atoms with Crippen molar-refractivity contribution >= 4 is 27.6 Å². The largest absolute Gasteiger partial charge is 0.464 e. The monoisotopic (exact) mass is 348 g/mol. The van der Waals surface area contributed by atoms with Gasteiger partial charge in [0, 0.05) is 17.8 Å². The van der Waals surface area contributed by atoms with Crippen LogP contribution in [0.15, 0.2) is 51.9 Å². The van der Waals surface area contributed by atoms with Gasteiger partial charge in [0.05, 0.1) is 18.1 Å². The van der Waals surface area contributed by atoms with Crippen LogP contribution in [0.1, 0.15) is 10.4 Å². The lowest BCUT2D eigenvalue weighted by molar-refractivity contribution is 0.102. The topological polar surface area (TPSA) is 127 Å². The molecular weight excluding hydrogens is 336 g/mol. The van der Waals surface area contributed by atoms with Crippen molar-refractivity contribution < 1.29 is 22.2 Å². The number of pyridine rings is 1. The van der Waals surface area contributed by atoms with Crippen molar-refractivity contribution in [2.45, 2.75) is 0 Å². The third kappa shape index (κ3) is 3.60. The first-order valence-electron chi connectivity index (χ1n) is 6.66. The van der Waals surface area contributed by atoms with Gasteiger partial charge in [-0.15, -0.1) is 0 Å². The summed E-state index contributed by atoms with van der Waals surface area (Å²) >= 11 is 0. The molecule has 0 aliphatic heterocycles. The second kappa shape index (κ2) is 6.16. The van der Waals surface area contributed by atoms with E-state index in [-0.39, 0.29) is 17.2 Å². The lowest BCUT2D eigenvalue weighted by Gasteiger charge is -2.10. The van der Waals surface area contributed by atoms with Crippen LogP contribution in [0.4, 0.5) is 11.6 Å². The molecule has 0 spiro atoms. The van der Waals surface area contributed by atoms with Gasteiger partial charge in [-0.3, -0.25) is 9.52 Å². The van der Waals surface area contributed by atoms with E-state index in [2.05, 4.69) is 24.7 Å². The van der Waals surface area contributed by atoms with Crippen LogP contribution in [0.2, 0.25) is 0 Å². The molecule has 10 heteroatoms. The molecule has 0 radical (unpaired) electrons. The lowest BCUT2D eigenvalue weighted by Crippen LogP contribution is -2.19. The maximum absolute atomic E-state index is 12.4. The Morgan fingerprint density at radius 3 is 2.71 bits per heavy atom. The third-order valence-electron chi connectivity index (χ3n) is 2.90. The maximum Gasteiger partial charge on any atom is 0.260 e. The van der Waals surface area contributed by atoms with Crippen LogP contribution >= 0.6 is 0 Å². The molecule has 2 N–H and O–H groups in total. The fourth-order valence-corrected chi connectivity index (χ4v) is 2.45. The van der Waals surface area contributed by atoms with Crippen molar-refractivity contribution in [3.8, 4) is 11.3 Å². The molecular formula is C14H12N4O5S. The third-order valence-corrected chi connectivity index (χ3v) is 3.46. The summed E-state index contributed by atoms with van der Waals surface area (Å²) in [4.78, 5) is 16.5. The molecule has 0 aliphatic carbocycles. The number of amides is 1. The van der Waals surface area contributed by atoms with E-state index in [0.29, 0.717) is 11.3 Å². The standard InChI is InChI=1S/C14H12N4O5S/c1-24(20,21)18-13-10(14(19)16-12-4-6-23-17-12)7-9(8-15-13)11-3-2-5-22-11/h2-8H,1H3,(H,15,18)(H,16,17,19). The molecule has 0 aromatic carbocycles. The Morgan fingerprint density at radius 1 is 1.25 bits per heavy atom. The number of nitrogens with one attached hydrogen (secondary N) is 2. The zero-order chi connectivity index (χ0) is 17.2. The first kappa shape index (κ1) is 15.7. The number of rotatable bonds is 5. The molecule has 0 bridgehead atoms. The molecule has 0 fully saturated rings. The second-order valence-corrected chi connectivity index (χ2v) is 6.56. The minimum absolute atomic E-state index is 0.0114. The van der Waals surface area contributed by atoms with Gasteiger partial charge in [-0.05, 0) is 18.2 Å². The number of sulfonamides is 1. The Bertz CT molecular complexity index is 949. The minimum Gasteiger partial charge on any atom is -0.464 e. The summed E-state index contributed by atoms with van der Waals surface area (Å²) in [6.45, 7) is 0. The molecule has 124 valence electrons. The van der Waals surface area contributed by atoms with Gasteiger partial charge in [-0.25, -0.2) is 13.4 Å². The van der Waals surface area contributed by atoms with Crippen molar-refractivity contribution in [1.29, 1.82) is 0 Å². The molecule has 9 nitrogen and oxygen atoms in total. The summed E-state index contributed by atoms with van der Waals surface area (Å²) in [5.41, 5.74) is 0.529. The molecule has 3 aromatic rings. The van der Waals surface area contributed by atoms with Gasteiger partial charge in [0.25, 0.3) is 5.91 Å². The van der Waals surface area contributed by atoms with Crippen LogP contribution < -0.4 is 10.0 Å². The Kier molecular flexibility index (Phi) is 4.04. The number of carbonyl (C=O) groups excluding carboxylic acids is 1. The van der Waals surface area contributed by atoms with E-state index in [1.807, 2.05) is 0 Å². The van der Waals surface area contributed by atoms with Gasteiger partial charge < -0.3 is 14.3 Å². The normalized spacial score (nSPS) is 11.2. The van der Waals surface area contributed by atoms with Gasteiger partial charge in [-0.2, -0.15) is 0 Å². The van der Waals surface area contributed by atoms with Crippen LogP contribution in [0, 0.1) is 0 Å². The Hall–Kier alpha value is -3.14. The molecule has 1 amide bonds. The summed E-state index contributed by atoms with van der Waals surface area (Å²) in [6.07, 6.45) is 5.14. The molecule has 3 rings (SSSR count). The number of hydrogen-bond acceptors (Lipinski definition) is 7. The van der Waals surface area contributed by atoms with Crippen molar-refractivity contribution in [2.24, 2.45) is 0 Å². The van der Waals surface area contributed by atoms with Crippen molar-refractivity contribution in [3.05, 3.63) is 48.6 Å². The van der Waals surface area contributed by atoms with Crippen molar-refractivity contribution in [1.82, 2.24) is 10.1 Å². The number of carbonyl (C=O) groups is 1. The summed E-state index contributed by atoms with van der Waals surface area (Å²) in [5.74, 6) is -0.0256. The molecule has 3 heterocycles. The van der Waals surface area contributed by atoms with Gasteiger partial charge in [-0.1, -0.05) is 5.16 Å². The van der Waals surface area contributed by atoms with E-state index >= 15 is 0 Å². The van der Waals surface area contributed by atoms with E-state index in [9.17, 15) is 13.2 Å². The van der Waals surface area contributed by atoms with Crippen LogP contribution in [-0.2, 0) is 10.0 Å². The van der Waals surface area contributed by atoms with Gasteiger partial charge >= 0.3 is 0 Å². The molecule has 0 saturated heterocycles. The Morgan fingerprint density at radius 2 is 2.08 bits per heavy atom. The summed E-state index contributed by atoms with van der Waals surface area (Å²) < 4.78 is 35.1. The molecule has 0 aliphatic rings. The summed E-state index contributed by atoms with van der Waals surface area (Å²) in [7, 11) is -3.61. The highest BCUT2D eigenvalue weighted by Gasteiger charge is 2.18. The number of nitrogens with zero attached hydrogens (tertiary/aromatic N) is 2. The van der Waals surface area contributed by atoms with E-state index in [1.54, 1.807) is 12.1 Å². The Balaban J connectivity index is 2.01. The zero-order valence-corrected chi connectivity index (χ0v) is 13.2. The quantitative estimate of drug-likeness (QED) is 0.721. The minimum atomic E-state index is -3.61. The average molecular weight is 348 g/mol. The average Bonchev–Trinajstić information content (AvgIpc) is 3.18. The first-order valence-corrected chi connectivity index (χ1v) is 8.55. The van der Waals surface area contributed by atoms with Crippen LogP contribution in [0.3, 0.4) is 0 Å². The van der Waals surface area contributed by atoms with E-state index in [1.165, 1.54) is 30.9 Å². The first-order chi connectivity index (χ1) is 11.4. The van der Waals surface area contributed by atoms with Crippen molar-refractivity contribution in [2.75, 3.05) is 16.3 Å². The predicted molar refractivity (Wildman–Crippen MR) is 84.9 cm³/mol. The SMILES string of the molecule is CS(=O)(=O)Nc1ncc(-c2ccco2)cc1C(=O)Nc1ccon1. The Labute approximate surface area is 136 Å². The lowest BCUT2D eigenvalue weighted by atomic mass is 10.1. The van der Waals surface area contributed by atoms with Gasteiger partial charge in [0.2, 0.25) is 10.0 Å². The number of anilines is 2. The van der Waals surface area contributed by atoms with Crippen LogP contribution in [-0.4, -0.2) is 30.7 Å². The van der Waals surface area contributed by atoms with Gasteiger partial charge in [0.1, 0.15) is 12.0 Å². The summed E-state index contributed by atoms with van der Waals surface area (Å²) in [5, 5.41) is 6.06. The molecule has 3 aromatic heterocycles. The van der Waals surface area contributed by atoms with E-state index < -0.39 is 15.9 Å². The maximum atomic E-state index is 12.4. The number of furan rings is 1. The van der Waals surface area contributed by atoms with E-state index in [4.69, 9.17) is 4.42 Å². The molecule has 0 atom stereocenters. The van der Waals surface area contributed by atoms with Crippen LogP contribution in [0.25, 0.3) is 11.3 Å². The predicted octanol–water partition coefficient (Wildman–Crippen LogP) is 1.95. The highest BCUT2D eigenvalue weighted by atomic mass is 32.2. The number of hydrogen-bond donors (Lipinski definition) is 2. The molecule has 24 heavy (non-hydrogen) atoms. The molecule has 0 saturated carbocycles. The fourth-order valence-electron chi connectivity index (χ4n) is 1.93. The molecule has 0 unspecified atom stereocenters. The summed E-state index contributed by atoms with van der Waals surface area (Å²) in [6, 6.07) is 6.30. The zero-order valence-electron chi connectivity index (χ0n) is 12.4.